The minimum Gasteiger partial charge on any atom is -0.344 e. The fraction of sp³-hybridized carbons (Fsp3) is 0.0667. The number of rotatable bonds is 3. The average Bonchev–Trinajstić information content (AvgIpc) is 2.43. The van der Waals surface area contributed by atoms with Crippen LogP contribution in [0, 0.1) is 0 Å². The van der Waals surface area contributed by atoms with Crippen LogP contribution in [0.3, 0.4) is 0 Å². The van der Waals surface area contributed by atoms with Gasteiger partial charge >= 0.3 is 11.8 Å². The summed E-state index contributed by atoms with van der Waals surface area (Å²) in [5.41, 5.74) is 1.14. The molecule has 0 heterocycles. The van der Waals surface area contributed by atoms with Gasteiger partial charge in [0, 0.05) is 27.3 Å². The van der Waals surface area contributed by atoms with Gasteiger partial charge in [-0.15, -0.1) is 0 Å². The van der Waals surface area contributed by atoms with E-state index in [2.05, 4.69) is 10.6 Å². The van der Waals surface area contributed by atoms with E-state index in [-0.39, 0.29) is 6.54 Å². The Bertz CT molecular complexity index is 699. The molecule has 4 nitrogen and oxygen atoms in total. The molecule has 2 rings (SSSR count). The van der Waals surface area contributed by atoms with Gasteiger partial charge in [-0.1, -0.05) is 46.9 Å². The number of carbonyl (C=O) groups excluding carboxylic acids is 2. The molecule has 0 unspecified atom stereocenters. The molecule has 0 spiro atoms. The highest BCUT2D eigenvalue weighted by Gasteiger charge is 2.14. The Labute approximate surface area is 142 Å². The van der Waals surface area contributed by atoms with Crippen LogP contribution >= 0.6 is 34.8 Å². The van der Waals surface area contributed by atoms with Gasteiger partial charge in [-0.3, -0.25) is 9.59 Å². The number of carbonyl (C=O) groups is 2. The Hall–Kier alpha value is -1.75. The van der Waals surface area contributed by atoms with E-state index in [9.17, 15) is 9.59 Å². The minimum atomic E-state index is -0.805. The molecular formula is C15H11Cl3N2O2. The van der Waals surface area contributed by atoms with Crippen molar-refractivity contribution in [3.8, 4) is 0 Å². The predicted octanol–water partition coefficient (Wildman–Crippen LogP) is 3.90. The van der Waals surface area contributed by atoms with Gasteiger partial charge in [-0.25, -0.2) is 0 Å². The van der Waals surface area contributed by atoms with Crippen LogP contribution in [-0.2, 0) is 16.1 Å². The van der Waals surface area contributed by atoms with E-state index in [0.717, 1.165) is 5.56 Å². The maximum atomic E-state index is 11.8. The average molecular weight is 358 g/mol. The van der Waals surface area contributed by atoms with E-state index in [4.69, 9.17) is 34.8 Å². The SMILES string of the molecule is O=C(NCc1cccc(Cl)c1)C(=O)Nc1cc(Cl)cc(Cl)c1. The Morgan fingerprint density at radius 3 is 2.18 bits per heavy atom. The van der Waals surface area contributed by atoms with Crippen molar-refractivity contribution in [1.29, 1.82) is 0 Å². The highest BCUT2D eigenvalue weighted by Crippen LogP contribution is 2.22. The molecule has 0 aromatic heterocycles. The second-order valence-electron chi connectivity index (χ2n) is 4.42. The standard InChI is InChI=1S/C15H11Cl3N2O2/c16-10-3-1-2-9(4-10)8-19-14(21)15(22)20-13-6-11(17)5-12(18)7-13/h1-7H,8H2,(H,19,21)(H,20,22). The predicted molar refractivity (Wildman–Crippen MR) is 88.4 cm³/mol. The Morgan fingerprint density at radius 2 is 1.55 bits per heavy atom. The maximum Gasteiger partial charge on any atom is 0.313 e. The van der Waals surface area contributed by atoms with Gasteiger partial charge < -0.3 is 10.6 Å². The van der Waals surface area contributed by atoms with Gasteiger partial charge in [0.25, 0.3) is 0 Å². The lowest BCUT2D eigenvalue weighted by atomic mass is 10.2. The molecule has 0 fully saturated rings. The summed E-state index contributed by atoms with van der Waals surface area (Å²) in [4.78, 5) is 23.5. The number of anilines is 1. The van der Waals surface area contributed by atoms with Crippen molar-refractivity contribution < 1.29 is 9.59 Å². The molecule has 2 amide bonds. The molecule has 0 saturated carbocycles. The van der Waals surface area contributed by atoms with Gasteiger partial charge in [0.05, 0.1) is 0 Å². The topological polar surface area (TPSA) is 58.2 Å². The molecule has 0 aliphatic rings. The summed E-state index contributed by atoms with van der Waals surface area (Å²) in [6, 6.07) is 11.5. The zero-order chi connectivity index (χ0) is 16.1. The van der Waals surface area contributed by atoms with Gasteiger partial charge in [0.1, 0.15) is 0 Å². The molecule has 0 radical (unpaired) electrons. The smallest absolute Gasteiger partial charge is 0.313 e. The summed E-state index contributed by atoms with van der Waals surface area (Å²) in [6.07, 6.45) is 0. The number of halogens is 3. The molecule has 2 N–H and O–H groups in total. The van der Waals surface area contributed by atoms with Crippen LogP contribution in [0.25, 0.3) is 0 Å². The highest BCUT2D eigenvalue weighted by atomic mass is 35.5. The number of benzene rings is 2. The molecule has 0 aliphatic heterocycles. The Kier molecular flexibility index (Phi) is 5.66. The number of amides is 2. The van der Waals surface area contributed by atoms with Gasteiger partial charge in [0.15, 0.2) is 0 Å². The monoisotopic (exact) mass is 356 g/mol. The second-order valence-corrected chi connectivity index (χ2v) is 5.73. The fourth-order valence-electron chi connectivity index (χ4n) is 1.72. The molecule has 2 aromatic rings. The number of hydrogen-bond donors (Lipinski definition) is 2. The van der Waals surface area contributed by atoms with E-state index in [1.165, 1.54) is 18.2 Å². The van der Waals surface area contributed by atoms with Gasteiger partial charge in [0.2, 0.25) is 0 Å². The minimum absolute atomic E-state index is 0.198. The van der Waals surface area contributed by atoms with Crippen molar-refractivity contribution >= 4 is 52.3 Å². The first-order valence-electron chi connectivity index (χ1n) is 6.24. The van der Waals surface area contributed by atoms with Crippen molar-refractivity contribution in [1.82, 2.24) is 5.32 Å². The largest absolute Gasteiger partial charge is 0.344 e. The van der Waals surface area contributed by atoms with Crippen molar-refractivity contribution in [2.75, 3.05) is 5.32 Å². The van der Waals surface area contributed by atoms with E-state index in [1.807, 2.05) is 0 Å². The lowest BCUT2D eigenvalue weighted by Gasteiger charge is -2.07. The third-order valence-corrected chi connectivity index (χ3v) is 3.34. The molecule has 22 heavy (non-hydrogen) atoms. The Morgan fingerprint density at radius 1 is 0.864 bits per heavy atom. The first-order valence-corrected chi connectivity index (χ1v) is 7.37. The van der Waals surface area contributed by atoms with Gasteiger partial charge in [-0.05, 0) is 35.9 Å². The van der Waals surface area contributed by atoms with E-state index >= 15 is 0 Å². The van der Waals surface area contributed by atoms with Gasteiger partial charge in [-0.2, -0.15) is 0 Å². The lowest BCUT2D eigenvalue weighted by molar-refractivity contribution is -0.136. The zero-order valence-electron chi connectivity index (χ0n) is 11.2. The van der Waals surface area contributed by atoms with Crippen molar-refractivity contribution in [3.63, 3.8) is 0 Å². The Balaban J connectivity index is 1.93. The van der Waals surface area contributed by atoms with Crippen LogP contribution in [0.2, 0.25) is 15.1 Å². The van der Waals surface area contributed by atoms with Crippen LogP contribution in [0.15, 0.2) is 42.5 Å². The molecule has 0 saturated heterocycles. The molecule has 0 atom stereocenters. The van der Waals surface area contributed by atoms with E-state index in [0.29, 0.717) is 20.8 Å². The van der Waals surface area contributed by atoms with Crippen LogP contribution in [0.4, 0.5) is 5.69 Å². The normalized spacial score (nSPS) is 10.1. The van der Waals surface area contributed by atoms with Crippen molar-refractivity contribution in [2.45, 2.75) is 6.54 Å². The number of hydrogen-bond acceptors (Lipinski definition) is 2. The third-order valence-electron chi connectivity index (χ3n) is 2.67. The van der Waals surface area contributed by atoms with E-state index < -0.39 is 11.8 Å². The quantitative estimate of drug-likeness (QED) is 0.819. The lowest BCUT2D eigenvalue weighted by Crippen LogP contribution is -2.34. The van der Waals surface area contributed by atoms with Crippen LogP contribution < -0.4 is 10.6 Å². The van der Waals surface area contributed by atoms with Crippen molar-refractivity contribution in [3.05, 3.63) is 63.1 Å². The third kappa shape index (κ3) is 4.91. The summed E-state index contributed by atoms with van der Waals surface area (Å²) in [5, 5.41) is 6.21. The van der Waals surface area contributed by atoms with Crippen molar-refractivity contribution in [2.24, 2.45) is 0 Å². The number of nitrogens with one attached hydrogen (secondary N) is 2. The molecule has 7 heteroatoms. The zero-order valence-corrected chi connectivity index (χ0v) is 13.5. The summed E-state index contributed by atoms with van der Waals surface area (Å²) < 4.78 is 0. The van der Waals surface area contributed by atoms with E-state index in [1.54, 1.807) is 24.3 Å². The molecule has 0 bridgehead atoms. The van der Waals surface area contributed by atoms with Crippen LogP contribution in [-0.4, -0.2) is 11.8 Å². The van der Waals surface area contributed by atoms with Crippen LogP contribution in [0.1, 0.15) is 5.56 Å². The first kappa shape index (κ1) is 16.6. The highest BCUT2D eigenvalue weighted by molar-refractivity contribution is 6.40. The summed E-state index contributed by atoms with van der Waals surface area (Å²) in [5.74, 6) is -1.57. The molecule has 0 aliphatic carbocycles. The summed E-state index contributed by atoms with van der Waals surface area (Å²) >= 11 is 17.5. The first-order chi connectivity index (χ1) is 10.4. The fourth-order valence-corrected chi connectivity index (χ4v) is 2.46. The molecular weight excluding hydrogens is 347 g/mol. The van der Waals surface area contributed by atoms with Crippen LogP contribution in [0.5, 0.6) is 0 Å². The molecule has 2 aromatic carbocycles. The maximum absolute atomic E-state index is 11.8. The molecule has 114 valence electrons. The summed E-state index contributed by atoms with van der Waals surface area (Å²) in [6.45, 7) is 0.198. The second kappa shape index (κ2) is 7.49. The summed E-state index contributed by atoms with van der Waals surface area (Å²) in [7, 11) is 0.